The van der Waals surface area contributed by atoms with Crippen LogP contribution in [0, 0.1) is 0 Å². The molecule has 0 amide bonds. The van der Waals surface area contributed by atoms with Gasteiger partial charge in [0.1, 0.15) is 24.4 Å². The Morgan fingerprint density at radius 2 is 0.897 bits per heavy atom. The van der Waals surface area contributed by atoms with Gasteiger partial charge in [0.2, 0.25) is 0 Å². The second kappa shape index (κ2) is 14.7. The van der Waals surface area contributed by atoms with Crippen molar-refractivity contribution in [2.45, 2.75) is 50.8 Å². The average Bonchev–Trinajstić information content (AvgIpc) is 3.00. The molecule has 1 fully saturated rings. The SMILES string of the molecule is c1ccc(COCC2OCC(OCc3ccccc3)[C@@H](OCc3ccccc3)[C@H]2OCc2ccccc2)cc1. The first-order valence-electron chi connectivity index (χ1n) is 13.5. The molecule has 0 aliphatic carbocycles. The minimum Gasteiger partial charge on any atom is -0.374 e. The third-order valence-corrected chi connectivity index (χ3v) is 6.80. The molecule has 0 aromatic heterocycles. The molecule has 0 bridgehead atoms. The Morgan fingerprint density at radius 3 is 1.38 bits per heavy atom. The van der Waals surface area contributed by atoms with Gasteiger partial charge in [0.25, 0.3) is 0 Å². The molecule has 0 N–H and O–H groups in total. The van der Waals surface area contributed by atoms with E-state index < -0.39 is 0 Å². The Labute approximate surface area is 231 Å². The van der Waals surface area contributed by atoms with Crippen molar-refractivity contribution < 1.29 is 23.7 Å². The van der Waals surface area contributed by atoms with E-state index in [9.17, 15) is 0 Å². The van der Waals surface area contributed by atoms with Crippen molar-refractivity contribution in [3.63, 3.8) is 0 Å². The minimum absolute atomic E-state index is 0.292. The maximum Gasteiger partial charge on any atom is 0.115 e. The van der Waals surface area contributed by atoms with Gasteiger partial charge in [-0.25, -0.2) is 0 Å². The van der Waals surface area contributed by atoms with Crippen LogP contribution in [0.1, 0.15) is 22.3 Å². The van der Waals surface area contributed by atoms with Gasteiger partial charge in [-0.2, -0.15) is 0 Å². The van der Waals surface area contributed by atoms with Crippen LogP contribution >= 0.6 is 0 Å². The zero-order chi connectivity index (χ0) is 26.5. The number of benzene rings is 4. The first kappa shape index (κ1) is 27.3. The van der Waals surface area contributed by atoms with E-state index in [0.717, 1.165) is 22.3 Å². The maximum absolute atomic E-state index is 6.58. The van der Waals surface area contributed by atoms with Crippen LogP contribution < -0.4 is 0 Å². The van der Waals surface area contributed by atoms with E-state index in [-0.39, 0.29) is 24.4 Å². The fourth-order valence-electron chi connectivity index (χ4n) is 4.70. The fourth-order valence-corrected chi connectivity index (χ4v) is 4.70. The van der Waals surface area contributed by atoms with E-state index in [4.69, 9.17) is 23.7 Å². The van der Waals surface area contributed by atoms with Crippen molar-refractivity contribution in [3.8, 4) is 0 Å². The summed E-state index contributed by atoms with van der Waals surface area (Å²) in [7, 11) is 0. The lowest BCUT2D eigenvalue weighted by Crippen LogP contribution is -2.57. The van der Waals surface area contributed by atoms with Crippen LogP contribution in [0.5, 0.6) is 0 Å². The molecule has 1 saturated heterocycles. The third kappa shape index (κ3) is 8.33. The summed E-state index contributed by atoms with van der Waals surface area (Å²) in [5.41, 5.74) is 4.42. The molecular formula is C34H36O5. The standard InChI is InChI=1S/C34H36O5/c1-5-13-27(14-6-1)21-35-25-31-33(38-23-29-17-9-3-10-18-29)34(39-24-30-19-11-4-12-20-30)32(26-37-31)36-22-28-15-7-2-8-16-28/h1-20,31-34H,21-26H2/t31?,32?,33-,34+/m0/s1. The summed E-state index contributed by atoms with van der Waals surface area (Å²) in [6, 6.07) is 40.7. The number of ether oxygens (including phenoxy) is 5. The summed E-state index contributed by atoms with van der Waals surface area (Å²) >= 11 is 0. The zero-order valence-corrected chi connectivity index (χ0v) is 22.1. The van der Waals surface area contributed by atoms with E-state index in [1.54, 1.807) is 0 Å². The van der Waals surface area contributed by atoms with Crippen LogP contribution in [0.2, 0.25) is 0 Å². The van der Waals surface area contributed by atoms with Gasteiger partial charge in [0.05, 0.1) is 39.6 Å². The van der Waals surface area contributed by atoms with Gasteiger partial charge < -0.3 is 23.7 Å². The smallest absolute Gasteiger partial charge is 0.115 e. The topological polar surface area (TPSA) is 46.2 Å². The van der Waals surface area contributed by atoms with Crippen LogP contribution in [0.4, 0.5) is 0 Å². The van der Waals surface area contributed by atoms with Crippen molar-refractivity contribution in [1.82, 2.24) is 0 Å². The monoisotopic (exact) mass is 524 g/mol. The highest BCUT2D eigenvalue weighted by atomic mass is 16.6. The van der Waals surface area contributed by atoms with E-state index in [0.29, 0.717) is 39.6 Å². The number of hydrogen-bond donors (Lipinski definition) is 0. The molecule has 5 rings (SSSR count). The van der Waals surface area contributed by atoms with Crippen LogP contribution in [-0.2, 0) is 50.1 Å². The summed E-state index contributed by atoms with van der Waals surface area (Å²) in [6.07, 6.45) is -1.30. The lowest BCUT2D eigenvalue weighted by Gasteiger charge is -2.42. The molecule has 0 saturated carbocycles. The molecule has 4 aromatic carbocycles. The summed E-state index contributed by atoms with van der Waals surface area (Å²) in [4.78, 5) is 0. The Balaban J connectivity index is 1.32. The van der Waals surface area contributed by atoms with Gasteiger partial charge in [0.15, 0.2) is 0 Å². The van der Waals surface area contributed by atoms with Crippen molar-refractivity contribution in [2.75, 3.05) is 13.2 Å². The molecule has 39 heavy (non-hydrogen) atoms. The molecule has 1 aliphatic rings. The lowest BCUT2D eigenvalue weighted by molar-refractivity contribution is -0.246. The molecule has 1 aliphatic heterocycles. The Morgan fingerprint density at radius 1 is 0.487 bits per heavy atom. The highest BCUT2D eigenvalue weighted by Crippen LogP contribution is 2.27. The Hall–Kier alpha value is -3.32. The Bertz CT molecular complexity index is 1200. The third-order valence-electron chi connectivity index (χ3n) is 6.80. The fraction of sp³-hybridized carbons (Fsp3) is 0.294. The van der Waals surface area contributed by atoms with Crippen LogP contribution in [0.25, 0.3) is 0 Å². The van der Waals surface area contributed by atoms with Gasteiger partial charge in [-0.1, -0.05) is 121 Å². The summed E-state index contributed by atoms with van der Waals surface area (Å²) in [5.74, 6) is 0. The highest BCUT2D eigenvalue weighted by Gasteiger charge is 2.43. The molecule has 202 valence electrons. The molecule has 1 heterocycles. The number of rotatable bonds is 13. The van der Waals surface area contributed by atoms with Crippen LogP contribution in [0.15, 0.2) is 121 Å². The summed E-state index contributed by atoms with van der Waals surface area (Å²) in [5, 5.41) is 0. The average molecular weight is 525 g/mol. The van der Waals surface area contributed by atoms with Gasteiger partial charge >= 0.3 is 0 Å². The quantitative estimate of drug-likeness (QED) is 0.204. The first-order valence-corrected chi connectivity index (χ1v) is 13.5. The predicted octanol–water partition coefficient (Wildman–Crippen LogP) is 6.36. The molecule has 5 heteroatoms. The van der Waals surface area contributed by atoms with E-state index >= 15 is 0 Å². The van der Waals surface area contributed by atoms with Crippen molar-refractivity contribution in [2.24, 2.45) is 0 Å². The molecule has 5 nitrogen and oxygen atoms in total. The minimum atomic E-state index is -0.376. The summed E-state index contributed by atoms with van der Waals surface area (Å²) in [6.45, 7) is 2.68. The largest absolute Gasteiger partial charge is 0.374 e. The highest BCUT2D eigenvalue weighted by molar-refractivity contribution is 5.16. The van der Waals surface area contributed by atoms with Gasteiger partial charge in [-0.05, 0) is 22.3 Å². The zero-order valence-electron chi connectivity index (χ0n) is 22.1. The van der Waals surface area contributed by atoms with E-state index in [1.165, 1.54) is 0 Å². The second-order valence-electron chi connectivity index (χ2n) is 9.73. The van der Waals surface area contributed by atoms with Gasteiger partial charge in [0, 0.05) is 0 Å². The second-order valence-corrected chi connectivity index (χ2v) is 9.73. The molecule has 2 unspecified atom stereocenters. The predicted molar refractivity (Wildman–Crippen MR) is 151 cm³/mol. The summed E-state index contributed by atoms with van der Waals surface area (Å²) < 4.78 is 32.0. The van der Waals surface area contributed by atoms with Gasteiger partial charge in [-0.3, -0.25) is 0 Å². The van der Waals surface area contributed by atoms with E-state index in [1.807, 2.05) is 72.8 Å². The molecular weight excluding hydrogens is 488 g/mol. The molecule has 4 atom stereocenters. The van der Waals surface area contributed by atoms with Crippen LogP contribution in [-0.4, -0.2) is 37.6 Å². The normalized spacial score (nSPS) is 21.0. The van der Waals surface area contributed by atoms with E-state index in [2.05, 4.69) is 48.5 Å². The van der Waals surface area contributed by atoms with Crippen molar-refractivity contribution in [3.05, 3.63) is 144 Å². The lowest BCUT2D eigenvalue weighted by atomic mass is 9.99. The van der Waals surface area contributed by atoms with Gasteiger partial charge in [-0.15, -0.1) is 0 Å². The first-order chi connectivity index (χ1) is 19.3. The molecule has 0 spiro atoms. The molecule has 0 radical (unpaired) electrons. The van der Waals surface area contributed by atoms with Crippen LogP contribution in [0.3, 0.4) is 0 Å². The van der Waals surface area contributed by atoms with Crippen molar-refractivity contribution >= 4 is 0 Å². The Kier molecular flexibility index (Phi) is 10.3. The molecule has 4 aromatic rings. The maximum atomic E-state index is 6.58. The van der Waals surface area contributed by atoms with Crippen molar-refractivity contribution in [1.29, 1.82) is 0 Å². The number of hydrogen-bond acceptors (Lipinski definition) is 5.